The number of nitrogens with zero attached hydrogens (tertiary/aromatic N) is 2. The lowest BCUT2D eigenvalue weighted by atomic mass is 9.83. The first-order valence-corrected chi connectivity index (χ1v) is 12.9. The lowest BCUT2D eigenvalue weighted by Crippen LogP contribution is -2.50. The van der Waals surface area contributed by atoms with Crippen molar-refractivity contribution in [3.8, 4) is 0 Å². The largest absolute Gasteiger partial charge is 0.324 e. The van der Waals surface area contributed by atoms with Crippen LogP contribution in [0.3, 0.4) is 0 Å². The Balaban J connectivity index is 1.33. The third-order valence-electron chi connectivity index (χ3n) is 6.38. The van der Waals surface area contributed by atoms with Gasteiger partial charge in [-0.3, -0.25) is 9.52 Å². The predicted octanol–water partition coefficient (Wildman–Crippen LogP) is 3.44. The van der Waals surface area contributed by atoms with Gasteiger partial charge in [0, 0.05) is 36.9 Å². The average Bonchev–Trinajstić information content (AvgIpc) is 2.82. The molecule has 8 nitrogen and oxygen atoms in total. The second-order valence-corrected chi connectivity index (χ2v) is 10.7. The number of piperidine rings is 1. The molecule has 34 heavy (non-hydrogen) atoms. The van der Waals surface area contributed by atoms with E-state index in [1.165, 1.54) is 0 Å². The topological polar surface area (TPSA) is 101 Å². The van der Waals surface area contributed by atoms with Crippen molar-refractivity contribution in [1.82, 2.24) is 9.47 Å². The van der Waals surface area contributed by atoms with E-state index in [4.69, 9.17) is 0 Å². The zero-order valence-corrected chi connectivity index (χ0v) is 19.4. The lowest BCUT2D eigenvalue weighted by Gasteiger charge is -2.42. The molecule has 9 heteroatoms. The highest BCUT2D eigenvalue weighted by atomic mass is 32.2. The monoisotopic (exact) mass is 478 g/mol. The molecule has 2 aromatic carbocycles. The number of pyridine rings is 1. The Hall–Kier alpha value is -3.59. The van der Waals surface area contributed by atoms with E-state index < -0.39 is 10.0 Å². The van der Waals surface area contributed by atoms with Gasteiger partial charge in [-0.15, -0.1) is 0 Å². The number of anilines is 2. The van der Waals surface area contributed by atoms with Crippen LogP contribution in [0.25, 0.3) is 0 Å². The molecular formula is C25H26N4O4S. The van der Waals surface area contributed by atoms with Gasteiger partial charge in [0.1, 0.15) is 5.69 Å². The van der Waals surface area contributed by atoms with Crippen LogP contribution in [0.1, 0.15) is 23.6 Å². The Morgan fingerprint density at radius 2 is 1.62 bits per heavy atom. The Bertz CT molecular complexity index is 1360. The predicted molar refractivity (Wildman–Crippen MR) is 131 cm³/mol. The van der Waals surface area contributed by atoms with E-state index in [0.717, 1.165) is 17.8 Å². The van der Waals surface area contributed by atoms with Crippen molar-refractivity contribution in [1.29, 1.82) is 0 Å². The standard InChI is InChI=1S/C25H26N4O4S/c30-24-22(27-34(32,33)17-18-7-3-1-4-8-18)11-12-23-20-13-19(15-29(23)24)14-28(16-20)25(31)26-21-9-5-2-6-10-21/h1-12,19-20,27H,13-17H2,(H,26,31)/t19-,20-/m1/s1. The summed E-state index contributed by atoms with van der Waals surface area (Å²) in [5.41, 5.74) is 1.94. The molecule has 0 radical (unpaired) electrons. The van der Waals surface area contributed by atoms with E-state index in [0.29, 0.717) is 25.2 Å². The number of nitrogens with one attached hydrogen (secondary N) is 2. The quantitative estimate of drug-likeness (QED) is 0.587. The van der Waals surface area contributed by atoms with Crippen molar-refractivity contribution in [2.24, 2.45) is 5.92 Å². The first kappa shape index (κ1) is 22.2. The number of hydrogen-bond acceptors (Lipinski definition) is 4. The van der Waals surface area contributed by atoms with E-state index in [1.54, 1.807) is 45.9 Å². The minimum absolute atomic E-state index is 0.0247. The highest BCUT2D eigenvalue weighted by Crippen LogP contribution is 2.35. The second kappa shape index (κ2) is 8.98. The van der Waals surface area contributed by atoms with Crippen LogP contribution in [0, 0.1) is 5.92 Å². The van der Waals surface area contributed by atoms with Crippen LogP contribution in [0.5, 0.6) is 0 Å². The van der Waals surface area contributed by atoms with Gasteiger partial charge in [0.2, 0.25) is 10.0 Å². The molecule has 0 saturated carbocycles. The van der Waals surface area contributed by atoms with Crippen molar-refractivity contribution in [3.05, 3.63) is 94.4 Å². The number of sulfonamides is 1. The maximum Gasteiger partial charge on any atom is 0.321 e. The van der Waals surface area contributed by atoms with Crippen LogP contribution in [0.15, 0.2) is 77.6 Å². The van der Waals surface area contributed by atoms with Crippen LogP contribution < -0.4 is 15.6 Å². The van der Waals surface area contributed by atoms with Gasteiger partial charge in [0.15, 0.2) is 0 Å². The first-order chi connectivity index (χ1) is 16.4. The molecule has 1 aromatic heterocycles. The van der Waals surface area contributed by atoms with Gasteiger partial charge in [-0.2, -0.15) is 0 Å². The van der Waals surface area contributed by atoms with Crippen molar-refractivity contribution >= 4 is 27.4 Å². The molecule has 3 heterocycles. The minimum Gasteiger partial charge on any atom is -0.324 e. The number of urea groups is 1. The van der Waals surface area contributed by atoms with Crippen molar-refractivity contribution in [2.75, 3.05) is 23.1 Å². The molecule has 0 unspecified atom stereocenters. The summed E-state index contributed by atoms with van der Waals surface area (Å²) < 4.78 is 29.4. The Morgan fingerprint density at radius 1 is 0.912 bits per heavy atom. The van der Waals surface area contributed by atoms with Gasteiger partial charge >= 0.3 is 6.03 Å². The SMILES string of the molecule is O=C(Nc1ccccc1)N1C[C@H]2C[C@H](C1)c1ccc(NS(=O)(=O)Cc3ccccc3)c(=O)n1C2. The Morgan fingerprint density at radius 3 is 2.35 bits per heavy atom. The number of amides is 2. The van der Waals surface area contributed by atoms with Gasteiger partial charge in [-0.05, 0) is 42.2 Å². The number of carbonyl (C=O) groups is 1. The third-order valence-corrected chi connectivity index (χ3v) is 7.63. The summed E-state index contributed by atoms with van der Waals surface area (Å²) in [4.78, 5) is 27.8. The minimum atomic E-state index is -3.73. The average molecular weight is 479 g/mol. The number of likely N-dealkylation sites (tertiary alicyclic amines) is 1. The number of aromatic nitrogens is 1. The summed E-state index contributed by atoms with van der Waals surface area (Å²) in [6, 6.07) is 21.4. The van der Waals surface area contributed by atoms with Crippen LogP contribution in [-0.4, -0.2) is 37.0 Å². The fourth-order valence-corrected chi connectivity index (χ4v) is 6.10. The summed E-state index contributed by atoms with van der Waals surface area (Å²) >= 11 is 0. The van der Waals surface area contributed by atoms with Gasteiger partial charge in [0.05, 0.1) is 5.75 Å². The van der Waals surface area contributed by atoms with E-state index in [2.05, 4.69) is 10.0 Å². The molecule has 1 saturated heterocycles. The fourth-order valence-electron chi connectivity index (χ4n) is 4.91. The normalized spacial score (nSPS) is 19.2. The summed E-state index contributed by atoms with van der Waals surface area (Å²) in [5, 5.41) is 2.93. The molecule has 176 valence electrons. The zero-order chi connectivity index (χ0) is 23.7. The molecule has 3 aromatic rings. The second-order valence-electron chi connectivity index (χ2n) is 8.93. The summed E-state index contributed by atoms with van der Waals surface area (Å²) in [5.74, 6) is -0.0514. The summed E-state index contributed by atoms with van der Waals surface area (Å²) in [6.07, 6.45) is 0.896. The molecule has 2 amide bonds. The van der Waals surface area contributed by atoms with Crippen molar-refractivity contribution in [2.45, 2.75) is 24.6 Å². The van der Waals surface area contributed by atoms with Gasteiger partial charge < -0.3 is 14.8 Å². The highest BCUT2D eigenvalue weighted by molar-refractivity contribution is 7.91. The molecule has 2 bridgehead atoms. The smallest absolute Gasteiger partial charge is 0.321 e. The number of hydrogen-bond donors (Lipinski definition) is 2. The van der Waals surface area contributed by atoms with Crippen molar-refractivity contribution in [3.63, 3.8) is 0 Å². The lowest BCUT2D eigenvalue weighted by molar-refractivity contribution is 0.139. The molecular weight excluding hydrogens is 452 g/mol. The molecule has 0 aliphatic carbocycles. The summed E-state index contributed by atoms with van der Waals surface area (Å²) in [6.45, 7) is 1.51. The first-order valence-electron chi connectivity index (χ1n) is 11.3. The van der Waals surface area contributed by atoms with E-state index in [1.807, 2.05) is 36.4 Å². The fraction of sp³-hybridized carbons (Fsp3) is 0.280. The maximum atomic E-state index is 13.2. The molecule has 0 spiro atoms. The van der Waals surface area contributed by atoms with Gasteiger partial charge in [0.25, 0.3) is 5.56 Å². The molecule has 2 atom stereocenters. The number of carbonyl (C=O) groups excluding carboxylic acids is 1. The van der Waals surface area contributed by atoms with Crippen LogP contribution in [-0.2, 0) is 22.3 Å². The molecule has 2 aliphatic heterocycles. The van der Waals surface area contributed by atoms with E-state index in [9.17, 15) is 18.0 Å². The molecule has 2 N–H and O–H groups in total. The van der Waals surface area contributed by atoms with Gasteiger partial charge in [-0.1, -0.05) is 48.5 Å². The molecule has 1 fully saturated rings. The number of para-hydroxylation sites is 1. The molecule has 2 aliphatic rings. The third kappa shape index (κ3) is 4.70. The Labute approximate surface area is 198 Å². The number of benzene rings is 2. The summed E-state index contributed by atoms with van der Waals surface area (Å²) in [7, 11) is -3.73. The Kier molecular flexibility index (Phi) is 5.87. The van der Waals surface area contributed by atoms with Crippen LogP contribution >= 0.6 is 0 Å². The van der Waals surface area contributed by atoms with Crippen LogP contribution in [0.4, 0.5) is 16.2 Å². The van der Waals surface area contributed by atoms with E-state index >= 15 is 0 Å². The maximum absolute atomic E-state index is 13.2. The van der Waals surface area contributed by atoms with E-state index in [-0.39, 0.29) is 34.9 Å². The number of rotatable bonds is 5. The highest BCUT2D eigenvalue weighted by Gasteiger charge is 2.37. The van der Waals surface area contributed by atoms with Crippen molar-refractivity contribution < 1.29 is 13.2 Å². The zero-order valence-electron chi connectivity index (χ0n) is 18.6. The van der Waals surface area contributed by atoms with Crippen LogP contribution in [0.2, 0.25) is 0 Å². The molecule has 5 rings (SSSR count). The number of fused-ring (bicyclic) bond motifs is 4. The van der Waals surface area contributed by atoms with Gasteiger partial charge in [-0.25, -0.2) is 13.2 Å².